The van der Waals surface area contributed by atoms with E-state index in [1.54, 1.807) is 16.8 Å². The number of rotatable bonds is 3. The molecule has 0 bridgehead atoms. The molecule has 1 aromatic carbocycles. The van der Waals surface area contributed by atoms with E-state index in [4.69, 9.17) is 0 Å². The Labute approximate surface area is 118 Å². The fourth-order valence-corrected chi connectivity index (χ4v) is 2.41. The summed E-state index contributed by atoms with van der Waals surface area (Å²) in [6.07, 6.45) is 0. The summed E-state index contributed by atoms with van der Waals surface area (Å²) >= 11 is 0. The van der Waals surface area contributed by atoms with Gasteiger partial charge in [-0.3, -0.25) is 4.68 Å². The van der Waals surface area contributed by atoms with Gasteiger partial charge in [0.15, 0.2) is 0 Å². The molecule has 0 radical (unpaired) electrons. The zero-order valence-corrected chi connectivity index (χ0v) is 12.2. The number of hydrogen-bond donors (Lipinski definition) is 1. The van der Waals surface area contributed by atoms with Gasteiger partial charge in [0.1, 0.15) is 23.2 Å². The molecule has 0 fully saturated rings. The van der Waals surface area contributed by atoms with E-state index in [1.807, 2.05) is 38.8 Å². The minimum Gasteiger partial charge on any atom is -0.508 e. The van der Waals surface area contributed by atoms with Crippen LogP contribution in [0.4, 0.5) is 11.5 Å². The van der Waals surface area contributed by atoms with Crippen molar-refractivity contribution in [1.82, 2.24) is 9.78 Å². The molecule has 0 saturated heterocycles. The number of aromatic hydroxyl groups is 1. The van der Waals surface area contributed by atoms with Crippen LogP contribution in [0.1, 0.15) is 23.7 Å². The monoisotopic (exact) mass is 270 g/mol. The normalized spacial score (nSPS) is 10.3. The van der Waals surface area contributed by atoms with Crippen LogP contribution in [0.2, 0.25) is 0 Å². The summed E-state index contributed by atoms with van der Waals surface area (Å²) in [7, 11) is 1.82. The molecule has 0 aliphatic rings. The first-order valence-electron chi connectivity index (χ1n) is 6.50. The first kappa shape index (κ1) is 13.9. The second kappa shape index (κ2) is 5.25. The molecule has 0 aliphatic heterocycles. The molecule has 104 valence electrons. The second-order valence-electron chi connectivity index (χ2n) is 4.73. The van der Waals surface area contributed by atoms with Gasteiger partial charge in [0.25, 0.3) is 0 Å². The van der Waals surface area contributed by atoms with Gasteiger partial charge in [0.2, 0.25) is 0 Å². The molecule has 0 aliphatic carbocycles. The number of nitrogens with zero attached hydrogens (tertiary/aromatic N) is 4. The van der Waals surface area contributed by atoms with E-state index in [1.165, 1.54) is 0 Å². The second-order valence-corrected chi connectivity index (χ2v) is 4.73. The van der Waals surface area contributed by atoms with E-state index in [0.717, 1.165) is 17.1 Å². The van der Waals surface area contributed by atoms with Gasteiger partial charge < -0.3 is 10.0 Å². The number of hydrogen-bond acceptors (Lipinski definition) is 4. The summed E-state index contributed by atoms with van der Waals surface area (Å²) in [5.41, 5.74) is 3.19. The SMILES string of the molecule is CCN(c1cc(O)ccc1C)c1c(C#N)c(C)nn1C. The molecule has 20 heavy (non-hydrogen) atoms. The molecule has 5 nitrogen and oxygen atoms in total. The molecular formula is C15H18N4O. The van der Waals surface area contributed by atoms with Crippen molar-refractivity contribution in [1.29, 1.82) is 5.26 Å². The predicted molar refractivity (Wildman–Crippen MR) is 78.2 cm³/mol. The van der Waals surface area contributed by atoms with Gasteiger partial charge in [-0.25, -0.2) is 0 Å². The van der Waals surface area contributed by atoms with E-state index in [2.05, 4.69) is 11.2 Å². The minimum absolute atomic E-state index is 0.210. The fraction of sp³-hybridized carbons (Fsp3) is 0.333. The van der Waals surface area contributed by atoms with Crippen LogP contribution in [0.15, 0.2) is 18.2 Å². The Morgan fingerprint density at radius 2 is 2.10 bits per heavy atom. The third-order valence-corrected chi connectivity index (χ3v) is 3.36. The van der Waals surface area contributed by atoms with Gasteiger partial charge in [-0.2, -0.15) is 10.4 Å². The topological polar surface area (TPSA) is 65.1 Å². The lowest BCUT2D eigenvalue weighted by molar-refractivity contribution is 0.475. The van der Waals surface area contributed by atoms with Crippen LogP contribution in [-0.2, 0) is 7.05 Å². The quantitative estimate of drug-likeness (QED) is 0.931. The maximum atomic E-state index is 9.72. The molecule has 1 heterocycles. The Kier molecular flexibility index (Phi) is 3.66. The lowest BCUT2D eigenvalue weighted by Crippen LogP contribution is -2.21. The molecule has 2 aromatic rings. The molecule has 1 N–H and O–H groups in total. The first-order chi connectivity index (χ1) is 9.49. The average Bonchev–Trinajstić information content (AvgIpc) is 2.69. The Bertz CT molecular complexity index is 682. The largest absolute Gasteiger partial charge is 0.508 e. The lowest BCUT2D eigenvalue weighted by Gasteiger charge is -2.25. The molecule has 0 saturated carbocycles. The zero-order chi connectivity index (χ0) is 14.9. The summed E-state index contributed by atoms with van der Waals surface area (Å²) in [6, 6.07) is 7.45. The van der Waals surface area contributed by atoms with Gasteiger partial charge in [0.05, 0.1) is 5.69 Å². The number of phenols is 1. The minimum atomic E-state index is 0.210. The molecule has 5 heteroatoms. The van der Waals surface area contributed by atoms with E-state index in [0.29, 0.717) is 17.8 Å². The van der Waals surface area contributed by atoms with Crippen molar-refractivity contribution in [2.75, 3.05) is 11.4 Å². The van der Waals surface area contributed by atoms with Crippen LogP contribution >= 0.6 is 0 Å². The number of aromatic nitrogens is 2. The Balaban J connectivity index is 2.65. The maximum Gasteiger partial charge on any atom is 0.149 e. The van der Waals surface area contributed by atoms with Gasteiger partial charge in [-0.15, -0.1) is 0 Å². The van der Waals surface area contributed by atoms with Crippen LogP contribution in [0.25, 0.3) is 0 Å². The average molecular weight is 270 g/mol. The third kappa shape index (κ3) is 2.21. The zero-order valence-electron chi connectivity index (χ0n) is 12.2. The summed E-state index contributed by atoms with van der Waals surface area (Å²) in [6.45, 7) is 6.49. The van der Waals surface area contributed by atoms with Crippen molar-refractivity contribution in [2.45, 2.75) is 20.8 Å². The van der Waals surface area contributed by atoms with Crippen LogP contribution in [-0.4, -0.2) is 21.4 Å². The number of aryl methyl sites for hydroxylation is 3. The number of nitriles is 1. The lowest BCUT2D eigenvalue weighted by atomic mass is 10.1. The van der Waals surface area contributed by atoms with Crippen molar-refractivity contribution in [3.05, 3.63) is 35.0 Å². The van der Waals surface area contributed by atoms with Crippen LogP contribution in [0.3, 0.4) is 0 Å². The highest BCUT2D eigenvalue weighted by molar-refractivity contribution is 5.70. The summed E-state index contributed by atoms with van der Waals surface area (Å²) < 4.78 is 1.71. The highest BCUT2D eigenvalue weighted by atomic mass is 16.3. The van der Waals surface area contributed by atoms with Crippen molar-refractivity contribution in [3.8, 4) is 11.8 Å². The van der Waals surface area contributed by atoms with E-state index < -0.39 is 0 Å². The Morgan fingerprint density at radius 3 is 2.70 bits per heavy atom. The number of anilines is 2. The fourth-order valence-electron chi connectivity index (χ4n) is 2.41. The van der Waals surface area contributed by atoms with Crippen LogP contribution in [0.5, 0.6) is 5.75 Å². The number of benzene rings is 1. The maximum absolute atomic E-state index is 9.72. The van der Waals surface area contributed by atoms with Crippen molar-refractivity contribution in [2.24, 2.45) is 7.05 Å². The molecule has 0 spiro atoms. The third-order valence-electron chi connectivity index (χ3n) is 3.36. The predicted octanol–water partition coefficient (Wildman–Crippen LogP) is 2.77. The van der Waals surface area contributed by atoms with Gasteiger partial charge in [-0.1, -0.05) is 6.07 Å². The molecular weight excluding hydrogens is 252 g/mol. The van der Waals surface area contributed by atoms with Crippen molar-refractivity contribution < 1.29 is 5.11 Å². The van der Waals surface area contributed by atoms with Gasteiger partial charge in [-0.05, 0) is 32.4 Å². The molecule has 0 unspecified atom stereocenters. The number of phenolic OH excluding ortho intramolecular Hbond substituents is 1. The van der Waals surface area contributed by atoms with Gasteiger partial charge in [0, 0.05) is 25.3 Å². The van der Waals surface area contributed by atoms with E-state index >= 15 is 0 Å². The van der Waals surface area contributed by atoms with E-state index in [9.17, 15) is 10.4 Å². The molecule has 0 amide bonds. The van der Waals surface area contributed by atoms with Crippen molar-refractivity contribution >= 4 is 11.5 Å². The smallest absolute Gasteiger partial charge is 0.149 e. The standard InChI is InChI=1S/C15H18N4O/c1-5-19(14-8-12(20)7-6-10(14)2)15-13(9-16)11(3)17-18(15)4/h6-8,20H,5H2,1-4H3. The molecule has 0 atom stereocenters. The van der Waals surface area contributed by atoms with E-state index in [-0.39, 0.29) is 5.75 Å². The molecule has 1 aromatic heterocycles. The highest BCUT2D eigenvalue weighted by Gasteiger charge is 2.21. The Hall–Kier alpha value is -2.48. The Morgan fingerprint density at radius 1 is 1.40 bits per heavy atom. The van der Waals surface area contributed by atoms with Crippen molar-refractivity contribution in [3.63, 3.8) is 0 Å². The van der Waals surface area contributed by atoms with Crippen LogP contribution < -0.4 is 4.90 Å². The summed E-state index contributed by atoms with van der Waals surface area (Å²) in [5.74, 6) is 0.961. The first-order valence-corrected chi connectivity index (χ1v) is 6.50. The summed E-state index contributed by atoms with van der Waals surface area (Å²) in [5, 5.41) is 23.4. The van der Waals surface area contributed by atoms with Gasteiger partial charge >= 0.3 is 0 Å². The summed E-state index contributed by atoms with van der Waals surface area (Å²) in [4.78, 5) is 1.99. The highest BCUT2D eigenvalue weighted by Crippen LogP contribution is 2.33. The molecule has 2 rings (SSSR count). The van der Waals surface area contributed by atoms with Crippen LogP contribution in [0, 0.1) is 25.2 Å².